The number of benzene rings is 3. The average molecular weight is 756 g/mol. The number of hydrogen-bond acceptors (Lipinski definition) is 8. The van der Waals surface area contributed by atoms with Crippen LogP contribution in [0.25, 0.3) is 12.2 Å². The van der Waals surface area contributed by atoms with Gasteiger partial charge in [0.05, 0.1) is 25.4 Å². The van der Waals surface area contributed by atoms with E-state index in [4.69, 9.17) is 9.84 Å². The lowest BCUT2D eigenvalue weighted by Gasteiger charge is -2.32. The highest BCUT2D eigenvalue weighted by molar-refractivity contribution is 5.96. The van der Waals surface area contributed by atoms with Crippen LogP contribution in [0.4, 0.5) is 11.4 Å². The topological polar surface area (TPSA) is 149 Å². The zero-order valence-corrected chi connectivity index (χ0v) is 33.6. The molecule has 5 N–H and O–H groups in total. The van der Waals surface area contributed by atoms with E-state index >= 15 is 0 Å². The van der Waals surface area contributed by atoms with Gasteiger partial charge < -0.3 is 40.8 Å². The molecule has 55 heavy (non-hydrogen) atoms. The number of carbonyl (C=O) groups excluding carboxylic acids is 4. The Kier molecular flexibility index (Phi) is 17.7. The molecule has 0 saturated carbocycles. The number of para-hydroxylation sites is 1. The molecule has 0 bridgehead atoms. The molecule has 1 atom stereocenters. The van der Waals surface area contributed by atoms with Crippen LogP contribution in [0, 0.1) is 11.3 Å². The molecule has 3 aromatic carbocycles. The highest BCUT2D eigenvalue weighted by Crippen LogP contribution is 2.27. The van der Waals surface area contributed by atoms with Gasteiger partial charge in [-0.3, -0.25) is 14.4 Å². The number of nitrogens with zero attached hydrogens (tertiary/aromatic N) is 1. The van der Waals surface area contributed by atoms with E-state index in [0.717, 1.165) is 31.4 Å². The average Bonchev–Trinajstić information content (AvgIpc) is 3.14. The Hall–Kier alpha value is -4.84. The molecule has 3 aromatic rings. The number of aldehydes is 1. The van der Waals surface area contributed by atoms with Crippen molar-refractivity contribution in [2.45, 2.75) is 85.6 Å². The minimum absolute atomic E-state index is 0.0868. The number of aliphatic hydroxyl groups excluding tert-OH is 1. The maximum Gasteiger partial charge on any atom is 0.243 e. The van der Waals surface area contributed by atoms with Crippen molar-refractivity contribution in [2.75, 3.05) is 43.5 Å². The van der Waals surface area contributed by atoms with Gasteiger partial charge in [-0.15, -0.1) is 0 Å². The maximum absolute atomic E-state index is 12.8. The van der Waals surface area contributed by atoms with Crippen molar-refractivity contribution in [2.24, 2.45) is 11.3 Å². The summed E-state index contributed by atoms with van der Waals surface area (Å²) < 4.78 is 6.08. The number of amides is 3. The van der Waals surface area contributed by atoms with E-state index in [1.165, 1.54) is 22.4 Å². The summed E-state index contributed by atoms with van der Waals surface area (Å²) in [6.45, 7) is 13.8. The Morgan fingerprint density at radius 3 is 2.24 bits per heavy atom. The molecule has 0 fully saturated rings. The summed E-state index contributed by atoms with van der Waals surface area (Å²) in [5.41, 5.74) is 5.62. The van der Waals surface area contributed by atoms with Crippen LogP contribution in [0.5, 0.6) is 0 Å². The largest absolute Gasteiger partial charge is 0.392 e. The van der Waals surface area contributed by atoms with Gasteiger partial charge in [0, 0.05) is 44.4 Å². The van der Waals surface area contributed by atoms with E-state index in [1.807, 2.05) is 41.5 Å². The first-order chi connectivity index (χ1) is 26.1. The number of nitrogens with one attached hydrogen (secondary N) is 4. The summed E-state index contributed by atoms with van der Waals surface area (Å²) in [5.74, 6) is -1.29. The van der Waals surface area contributed by atoms with E-state index in [-0.39, 0.29) is 31.4 Å². The lowest BCUT2D eigenvalue weighted by Crippen LogP contribution is -2.51. The standard InChI is InChI=1S/C28H46N4O6.C16H15N/c1-20(2)25(26(37)30-16-24(36)31-22-11-9-21(17-34)10-12-22)32-23(35)15-27(3,4)19-38-28(5,6)18-29-13-7-8-14-33;1-17-12-15-8-3-2-6-13(15)10-11-14-7-4-5-9-16(14)17/h9-12,14,20,25,29,34H,7-8,13,15-19H2,1-6H3,(H,30,37)(H,31,36)(H,32,35);2-11H,12H2,1H3/b;11-10-. The molecule has 1 aliphatic rings. The monoisotopic (exact) mass is 755 g/mol. The van der Waals surface area contributed by atoms with Crippen LogP contribution >= 0.6 is 0 Å². The first-order valence-corrected chi connectivity index (χ1v) is 19.0. The minimum atomic E-state index is -0.789. The molecule has 11 heteroatoms. The van der Waals surface area contributed by atoms with Gasteiger partial charge in [-0.05, 0) is 78.6 Å². The Bertz CT molecular complexity index is 1720. The second-order valence-electron chi connectivity index (χ2n) is 15.7. The molecular weight excluding hydrogens is 695 g/mol. The number of carbonyl (C=O) groups is 4. The highest BCUT2D eigenvalue weighted by atomic mass is 16.5. The van der Waals surface area contributed by atoms with Crippen molar-refractivity contribution in [3.05, 3.63) is 95.1 Å². The van der Waals surface area contributed by atoms with Crippen molar-refractivity contribution in [1.82, 2.24) is 16.0 Å². The predicted molar refractivity (Wildman–Crippen MR) is 221 cm³/mol. The number of unbranched alkanes of at least 4 members (excludes halogenated alkanes) is 1. The molecule has 0 aliphatic carbocycles. The summed E-state index contributed by atoms with van der Waals surface area (Å²) >= 11 is 0. The molecule has 1 unspecified atom stereocenters. The lowest BCUT2D eigenvalue weighted by atomic mass is 9.89. The van der Waals surface area contributed by atoms with Crippen molar-refractivity contribution in [1.29, 1.82) is 0 Å². The molecule has 1 heterocycles. The van der Waals surface area contributed by atoms with Crippen LogP contribution in [-0.4, -0.2) is 74.0 Å². The van der Waals surface area contributed by atoms with Gasteiger partial charge in [0.2, 0.25) is 17.7 Å². The van der Waals surface area contributed by atoms with E-state index in [0.29, 0.717) is 25.3 Å². The van der Waals surface area contributed by atoms with Crippen LogP contribution < -0.4 is 26.2 Å². The van der Waals surface area contributed by atoms with Crippen molar-refractivity contribution in [3.63, 3.8) is 0 Å². The van der Waals surface area contributed by atoms with Gasteiger partial charge in [0.25, 0.3) is 0 Å². The smallest absolute Gasteiger partial charge is 0.243 e. The third kappa shape index (κ3) is 15.8. The predicted octanol–water partition coefficient (Wildman–Crippen LogP) is 5.96. The first-order valence-electron chi connectivity index (χ1n) is 19.0. The van der Waals surface area contributed by atoms with Crippen molar-refractivity contribution in [3.8, 4) is 0 Å². The molecule has 1 aliphatic heterocycles. The number of hydrogen-bond donors (Lipinski definition) is 5. The fourth-order valence-corrected chi connectivity index (χ4v) is 5.90. The van der Waals surface area contributed by atoms with Gasteiger partial charge in [-0.2, -0.15) is 0 Å². The van der Waals surface area contributed by atoms with Crippen LogP contribution in [0.15, 0.2) is 72.8 Å². The summed E-state index contributed by atoms with van der Waals surface area (Å²) in [7, 11) is 2.15. The molecule has 0 saturated heterocycles. The van der Waals surface area contributed by atoms with Gasteiger partial charge in [0.15, 0.2) is 0 Å². The van der Waals surface area contributed by atoms with Gasteiger partial charge in [-0.1, -0.05) is 94.4 Å². The summed E-state index contributed by atoms with van der Waals surface area (Å²) in [5, 5.41) is 20.5. The van der Waals surface area contributed by atoms with Gasteiger partial charge >= 0.3 is 0 Å². The number of fused-ring (bicyclic) bond motifs is 2. The van der Waals surface area contributed by atoms with Crippen molar-refractivity contribution >= 4 is 47.5 Å². The first kappa shape index (κ1) is 44.6. The third-order valence-electron chi connectivity index (χ3n) is 9.08. The lowest BCUT2D eigenvalue weighted by molar-refractivity contribution is -0.132. The molecule has 0 spiro atoms. The number of anilines is 2. The number of rotatable bonds is 18. The molecule has 3 amide bonds. The molecule has 4 rings (SSSR count). The fraction of sp³-hybridized carbons (Fsp3) is 0.455. The highest BCUT2D eigenvalue weighted by Gasteiger charge is 2.30. The van der Waals surface area contributed by atoms with Crippen LogP contribution in [0.2, 0.25) is 0 Å². The summed E-state index contributed by atoms with van der Waals surface area (Å²) in [6, 6.07) is 23.0. The Balaban J connectivity index is 0.000000390. The van der Waals surface area contributed by atoms with Gasteiger partial charge in [0.1, 0.15) is 12.3 Å². The number of ether oxygens (including phenoxy) is 1. The number of aliphatic hydroxyl groups is 1. The zero-order valence-electron chi connectivity index (χ0n) is 33.6. The molecule has 298 valence electrons. The van der Waals surface area contributed by atoms with Gasteiger partial charge in [-0.25, -0.2) is 0 Å². The molecule has 11 nitrogen and oxygen atoms in total. The molecular formula is C44H61N5O6. The summed E-state index contributed by atoms with van der Waals surface area (Å²) in [6.07, 6.45) is 6.78. The third-order valence-corrected chi connectivity index (χ3v) is 9.08. The summed E-state index contributed by atoms with van der Waals surface area (Å²) in [4.78, 5) is 50.6. The minimum Gasteiger partial charge on any atom is -0.392 e. The van der Waals surface area contributed by atoms with E-state index in [9.17, 15) is 19.2 Å². The zero-order chi connectivity index (χ0) is 40.4. The second kappa shape index (κ2) is 21.9. The Morgan fingerprint density at radius 1 is 0.909 bits per heavy atom. The maximum atomic E-state index is 12.8. The molecule has 0 radical (unpaired) electrons. The second-order valence-corrected chi connectivity index (χ2v) is 15.7. The Labute approximate surface area is 327 Å². The van der Waals surface area contributed by atoms with E-state index in [2.05, 4.69) is 93.9 Å². The fourth-order valence-electron chi connectivity index (χ4n) is 5.90. The molecule has 0 aromatic heterocycles. The van der Waals surface area contributed by atoms with E-state index < -0.39 is 28.9 Å². The quantitative estimate of drug-likeness (QED) is 0.0789. The van der Waals surface area contributed by atoms with Crippen LogP contribution in [-0.2, 0) is 37.1 Å². The van der Waals surface area contributed by atoms with Crippen LogP contribution in [0.1, 0.15) is 83.1 Å². The Morgan fingerprint density at radius 2 is 1.56 bits per heavy atom. The normalized spacial score (nSPS) is 13.5. The van der Waals surface area contributed by atoms with Crippen molar-refractivity contribution < 1.29 is 29.0 Å². The van der Waals surface area contributed by atoms with Crippen LogP contribution in [0.3, 0.4) is 0 Å². The van der Waals surface area contributed by atoms with E-state index in [1.54, 1.807) is 24.3 Å². The SMILES string of the molecule is CC(C)C(NC(=O)CC(C)(C)COC(C)(C)CNCCCC=O)C(=O)NCC(=O)Nc1ccc(CO)cc1.CN1Cc2ccccc2/C=C\c2ccccc21.